The lowest BCUT2D eigenvalue weighted by Gasteiger charge is -2.05. The van der Waals surface area contributed by atoms with Gasteiger partial charge in [-0.3, -0.25) is 9.59 Å². The van der Waals surface area contributed by atoms with Crippen LogP contribution in [0.3, 0.4) is 0 Å². The fraction of sp³-hybridized carbons (Fsp3) is 0.250. The Hall–Kier alpha value is -2.60. The Balaban J connectivity index is 1.93. The van der Waals surface area contributed by atoms with E-state index in [0.717, 1.165) is 5.56 Å². The van der Waals surface area contributed by atoms with Crippen LogP contribution >= 0.6 is 0 Å². The maximum atomic E-state index is 12.0. The summed E-state index contributed by atoms with van der Waals surface area (Å²) in [6, 6.07) is 8.90. The van der Waals surface area contributed by atoms with E-state index in [2.05, 4.69) is 10.1 Å². The second kappa shape index (κ2) is 7.42. The Morgan fingerprint density at radius 1 is 1.27 bits per heavy atom. The standard InChI is InChI=1S/C16H18N2O4/c1-21-15(19)7-4-11-2-5-13(6-3-11)18-16(20)12-8-14(9-17)22-10-12/h2-3,5-6,8,10H,4,7,9,17H2,1H3,(H,18,20). The lowest BCUT2D eigenvalue weighted by molar-refractivity contribution is -0.140. The number of nitrogens with one attached hydrogen (secondary N) is 1. The molecule has 0 saturated heterocycles. The minimum Gasteiger partial charge on any atom is -0.469 e. The number of benzene rings is 1. The van der Waals surface area contributed by atoms with Gasteiger partial charge in [0.05, 0.1) is 19.2 Å². The molecule has 2 aromatic rings. The molecule has 3 N–H and O–H groups in total. The topological polar surface area (TPSA) is 94.6 Å². The normalized spacial score (nSPS) is 10.3. The van der Waals surface area contributed by atoms with Crippen molar-refractivity contribution < 1.29 is 18.7 Å². The van der Waals surface area contributed by atoms with Crippen molar-refractivity contribution in [2.75, 3.05) is 12.4 Å². The highest BCUT2D eigenvalue weighted by Crippen LogP contribution is 2.14. The van der Waals surface area contributed by atoms with E-state index in [1.54, 1.807) is 18.2 Å². The van der Waals surface area contributed by atoms with Gasteiger partial charge in [0.25, 0.3) is 5.91 Å². The zero-order valence-corrected chi connectivity index (χ0v) is 12.3. The maximum absolute atomic E-state index is 12.0. The first-order valence-corrected chi connectivity index (χ1v) is 6.87. The quantitative estimate of drug-likeness (QED) is 0.797. The summed E-state index contributed by atoms with van der Waals surface area (Å²) >= 11 is 0. The Kier molecular flexibility index (Phi) is 5.32. The summed E-state index contributed by atoms with van der Waals surface area (Å²) in [5.41, 5.74) is 7.53. The van der Waals surface area contributed by atoms with Crippen LogP contribution in [-0.4, -0.2) is 19.0 Å². The molecule has 116 valence electrons. The first-order chi connectivity index (χ1) is 10.6. The number of ether oxygens (including phenoxy) is 1. The lowest BCUT2D eigenvalue weighted by Crippen LogP contribution is -2.11. The van der Waals surface area contributed by atoms with Gasteiger partial charge in [-0.1, -0.05) is 12.1 Å². The van der Waals surface area contributed by atoms with Crippen LogP contribution < -0.4 is 11.1 Å². The van der Waals surface area contributed by atoms with Gasteiger partial charge in [0.1, 0.15) is 12.0 Å². The highest BCUT2D eigenvalue weighted by atomic mass is 16.5. The summed E-state index contributed by atoms with van der Waals surface area (Å²) in [7, 11) is 1.37. The molecule has 2 rings (SSSR count). The molecule has 1 heterocycles. The number of aryl methyl sites for hydroxylation is 1. The van der Waals surface area contributed by atoms with E-state index in [9.17, 15) is 9.59 Å². The Labute approximate surface area is 128 Å². The summed E-state index contributed by atoms with van der Waals surface area (Å²) in [5.74, 6) is 0.0575. The Morgan fingerprint density at radius 3 is 2.59 bits per heavy atom. The van der Waals surface area contributed by atoms with Crippen LogP contribution in [0, 0.1) is 0 Å². The molecule has 1 aromatic carbocycles. The first kappa shape index (κ1) is 15.8. The predicted molar refractivity (Wildman–Crippen MR) is 81.3 cm³/mol. The number of anilines is 1. The van der Waals surface area contributed by atoms with Crippen LogP contribution in [0.5, 0.6) is 0 Å². The summed E-state index contributed by atoms with van der Waals surface area (Å²) in [6.07, 6.45) is 2.31. The van der Waals surface area contributed by atoms with Gasteiger partial charge in [-0.2, -0.15) is 0 Å². The number of nitrogens with two attached hydrogens (primary N) is 1. The molecule has 0 atom stereocenters. The number of rotatable bonds is 6. The molecule has 1 aromatic heterocycles. The molecule has 6 nitrogen and oxygen atoms in total. The van der Waals surface area contributed by atoms with Crippen LogP contribution in [-0.2, 0) is 22.5 Å². The number of esters is 1. The molecule has 0 radical (unpaired) electrons. The highest BCUT2D eigenvalue weighted by molar-refractivity contribution is 6.04. The van der Waals surface area contributed by atoms with Crippen molar-refractivity contribution in [3.63, 3.8) is 0 Å². The summed E-state index contributed by atoms with van der Waals surface area (Å²) in [5, 5.41) is 2.77. The van der Waals surface area contributed by atoms with Crippen molar-refractivity contribution in [3.8, 4) is 0 Å². The molecular formula is C16H18N2O4. The number of furan rings is 1. The fourth-order valence-corrected chi connectivity index (χ4v) is 1.91. The van der Waals surface area contributed by atoms with Gasteiger partial charge in [-0.05, 0) is 30.2 Å². The molecule has 0 aliphatic carbocycles. The predicted octanol–water partition coefficient (Wildman–Crippen LogP) is 2.10. The highest BCUT2D eigenvalue weighted by Gasteiger charge is 2.10. The third-order valence-electron chi connectivity index (χ3n) is 3.17. The molecular weight excluding hydrogens is 284 g/mol. The number of amides is 1. The zero-order valence-electron chi connectivity index (χ0n) is 12.3. The van der Waals surface area contributed by atoms with E-state index in [4.69, 9.17) is 10.2 Å². The van der Waals surface area contributed by atoms with E-state index in [1.807, 2.05) is 12.1 Å². The molecule has 1 amide bonds. The Bertz CT molecular complexity index is 646. The Morgan fingerprint density at radius 2 is 2.00 bits per heavy atom. The molecule has 0 bridgehead atoms. The maximum Gasteiger partial charge on any atom is 0.305 e. The van der Waals surface area contributed by atoms with Crippen molar-refractivity contribution in [2.45, 2.75) is 19.4 Å². The third kappa shape index (κ3) is 4.20. The monoisotopic (exact) mass is 302 g/mol. The van der Waals surface area contributed by atoms with Gasteiger partial charge in [0.2, 0.25) is 0 Å². The van der Waals surface area contributed by atoms with Crippen LogP contribution in [0.2, 0.25) is 0 Å². The van der Waals surface area contributed by atoms with Crippen LogP contribution in [0.15, 0.2) is 41.0 Å². The summed E-state index contributed by atoms with van der Waals surface area (Å²) < 4.78 is 9.72. The largest absolute Gasteiger partial charge is 0.469 e. The van der Waals surface area contributed by atoms with E-state index >= 15 is 0 Å². The van der Waals surface area contributed by atoms with Gasteiger partial charge in [-0.25, -0.2) is 0 Å². The molecule has 22 heavy (non-hydrogen) atoms. The van der Waals surface area contributed by atoms with Gasteiger partial charge >= 0.3 is 5.97 Å². The van der Waals surface area contributed by atoms with E-state index in [0.29, 0.717) is 29.9 Å². The average molecular weight is 302 g/mol. The molecule has 0 aliphatic heterocycles. The second-order valence-electron chi connectivity index (χ2n) is 4.73. The number of hydrogen-bond donors (Lipinski definition) is 2. The summed E-state index contributed by atoms with van der Waals surface area (Å²) in [4.78, 5) is 23.1. The molecule has 0 unspecified atom stereocenters. The average Bonchev–Trinajstić information content (AvgIpc) is 3.03. The van der Waals surface area contributed by atoms with Gasteiger partial charge in [0.15, 0.2) is 0 Å². The molecule has 0 aliphatic rings. The van der Waals surface area contributed by atoms with E-state index in [1.165, 1.54) is 13.4 Å². The van der Waals surface area contributed by atoms with Crippen molar-refractivity contribution in [2.24, 2.45) is 5.73 Å². The molecule has 6 heteroatoms. The van der Waals surface area contributed by atoms with Crippen LogP contribution in [0.1, 0.15) is 28.1 Å². The van der Waals surface area contributed by atoms with Crippen molar-refractivity contribution in [1.82, 2.24) is 0 Å². The minimum absolute atomic E-state index is 0.243. The minimum atomic E-state index is -0.259. The van der Waals surface area contributed by atoms with Crippen LogP contribution in [0.4, 0.5) is 5.69 Å². The number of hydrogen-bond acceptors (Lipinski definition) is 5. The number of methoxy groups -OCH3 is 1. The second-order valence-corrected chi connectivity index (χ2v) is 4.73. The smallest absolute Gasteiger partial charge is 0.305 e. The van der Waals surface area contributed by atoms with E-state index < -0.39 is 0 Å². The van der Waals surface area contributed by atoms with Gasteiger partial charge in [0, 0.05) is 12.1 Å². The van der Waals surface area contributed by atoms with Crippen molar-refractivity contribution in [3.05, 3.63) is 53.5 Å². The van der Waals surface area contributed by atoms with Crippen LogP contribution in [0.25, 0.3) is 0 Å². The fourth-order valence-electron chi connectivity index (χ4n) is 1.91. The van der Waals surface area contributed by atoms with Gasteiger partial charge < -0.3 is 20.2 Å². The molecule has 0 saturated carbocycles. The molecule has 0 fully saturated rings. The van der Waals surface area contributed by atoms with Crippen molar-refractivity contribution in [1.29, 1.82) is 0 Å². The molecule has 0 spiro atoms. The van der Waals surface area contributed by atoms with Crippen molar-refractivity contribution >= 4 is 17.6 Å². The lowest BCUT2D eigenvalue weighted by atomic mass is 10.1. The summed E-state index contributed by atoms with van der Waals surface area (Å²) in [6.45, 7) is 0.252. The SMILES string of the molecule is COC(=O)CCc1ccc(NC(=O)c2coc(CN)c2)cc1. The zero-order chi connectivity index (χ0) is 15.9. The third-order valence-corrected chi connectivity index (χ3v) is 3.17. The van der Waals surface area contributed by atoms with Gasteiger partial charge in [-0.15, -0.1) is 0 Å². The number of carbonyl (C=O) groups is 2. The first-order valence-electron chi connectivity index (χ1n) is 6.87. The number of carbonyl (C=O) groups excluding carboxylic acids is 2. The van der Waals surface area contributed by atoms with E-state index in [-0.39, 0.29) is 18.4 Å².